The fourth-order valence-electron chi connectivity index (χ4n) is 5.51. The standard InChI is InChI=1S/C27H36N4O2/c32-22(20-31-25-11-5-3-9-23(25)24-10-4-6-12-26(24)31)19-28-15-17-29(18-16-28)21-27(33)30-13-7-1-2-8-14-30/h3-6,9-12,22,32H,1-2,7-8,13-21H2/t22-/m1/s1. The van der Waals surface area contributed by atoms with Gasteiger partial charge in [-0.25, -0.2) is 0 Å². The molecule has 3 heterocycles. The lowest BCUT2D eigenvalue weighted by Gasteiger charge is -2.36. The van der Waals surface area contributed by atoms with Crippen molar-refractivity contribution < 1.29 is 9.90 Å². The number of hydrogen-bond acceptors (Lipinski definition) is 4. The highest BCUT2D eigenvalue weighted by atomic mass is 16.3. The van der Waals surface area contributed by atoms with Gasteiger partial charge in [0.25, 0.3) is 0 Å². The van der Waals surface area contributed by atoms with E-state index in [0.29, 0.717) is 19.6 Å². The van der Waals surface area contributed by atoms with Crippen LogP contribution in [0.1, 0.15) is 25.7 Å². The van der Waals surface area contributed by atoms with Gasteiger partial charge >= 0.3 is 0 Å². The summed E-state index contributed by atoms with van der Waals surface area (Å²) in [5.74, 6) is 0.289. The molecule has 0 aliphatic carbocycles. The van der Waals surface area contributed by atoms with Gasteiger partial charge in [0.05, 0.1) is 19.2 Å². The van der Waals surface area contributed by atoms with Crippen molar-refractivity contribution in [3.05, 3.63) is 48.5 Å². The van der Waals surface area contributed by atoms with Crippen molar-refractivity contribution in [2.45, 2.75) is 38.3 Å². The van der Waals surface area contributed by atoms with Gasteiger partial charge in [-0.2, -0.15) is 0 Å². The van der Waals surface area contributed by atoms with E-state index in [1.165, 1.54) is 34.6 Å². The molecule has 176 valence electrons. The van der Waals surface area contributed by atoms with Crippen LogP contribution < -0.4 is 0 Å². The van der Waals surface area contributed by atoms with Crippen molar-refractivity contribution in [2.75, 3.05) is 52.4 Å². The Bertz CT molecular complexity index is 1020. The first-order valence-electron chi connectivity index (χ1n) is 12.6. The van der Waals surface area contributed by atoms with Crippen LogP contribution in [0.5, 0.6) is 0 Å². The first kappa shape index (κ1) is 22.4. The highest BCUT2D eigenvalue weighted by Gasteiger charge is 2.24. The van der Waals surface area contributed by atoms with Crippen LogP contribution in [0, 0.1) is 0 Å². The minimum absolute atomic E-state index is 0.289. The van der Waals surface area contributed by atoms with Gasteiger partial charge in [0, 0.05) is 67.6 Å². The molecule has 0 radical (unpaired) electrons. The molecular formula is C27H36N4O2. The van der Waals surface area contributed by atoms with Crippen molar-refractivity contribution in [1.29, 1.82) is 0 Å². The number of β-amino-alcohol motifs (C(OH)–C–C–N with tert-alkyl or cyclic N) is 1. The number of carbonyl (C=O) groups is 1. The molecule has 6 nitrogen and oxygen atoms in total. The van der Waals surface area contributed by atoms with E-state index in [1.54, 1.807) is 0 Å². The van der Waals surface area contributed by atoms with Crippen LogP contribution >= 0.6 is 0 Å². The molecule has 0 bridgehead atoms. The van der Waals surface area contributed by atoms with Crippen molar-refractivity contribution in [1.82, 2.24) is 19.3 Å². The van der Waals surface area contributed by atoms with Gasteiger partial charge < -0.3 is 14.6 Å². The van der Waals surface area contributed by atoms with E-state index in [-0.39, 0.29) is 5.91 Å². The number of carbonyl (C=O) groups excluding carboxylic acids is 1. The average Bonchev–Trinajstić information content (AvgIpc) is 2.98. The van der Waals surface area contributed by atoms with E-state index in [1.807, 2.05) is 0 Å². The number of para-hydroxylation sites is 2. The van der Waals surface area contributed by atoms with Gasteiger partial charge in [-0.3, -0.25) is 14.6 Å². The number of hydrogen-bond donors (Lipinski definition) is 1. The fraction of sp³-hybridized carbons (Fsp3) is 0.519. The zero-order valence-corrected chi connectivity index (χ0v) is 19.5. The number of likely N-dealkylation sites (tertiary alicyclic amines) is 1. The van der Waals surface area contributed by atoms with Crippen LogP contribution in [0.4, 0.5) is 0 Å². The molecule has 2 fully saturated rings. The molecule has 1 aromatic heterocycles. The maximum atomic E-state index is 12.7. The third-order valence-electron chi connectivity index (χ3n) is 7.32. The van der Waals surface area contributed by atoms with Gasteiger partial charge in [-0.1, -0.05) is 49.2 Å². The molecule has 1 atom stereocenters. The second-order valence-electron chi connectivity index (χ2n) is 9.67. The Morgan fingerprint density at radius 2 is 1.27 bits per heavy atom. The van der Waals surface area contributed by atoms with Crippen LogP contribution in [0.15, 0.2) is 48.5 Å². The van der Waals surface area contributed by atoms with E-state index in [0.717, 1.165) is 52.1 Å². The second kappa shape index (κ2) is 10.2. The molecule has 0 spiro atoms. The van der Waals surface area contributed by atoms with Gasteiger partial charge in [0.2, 0.25) is 5.91 Å². The number of piperazine rings is 1. The summed E-state index contributed by atoms with van der Waals surface area (Å²) in [6.45, 7) is 7.22. The van der Waals surface area contributed by atoms with Crippen molar-refractivity contribution in [2.24, 2.45) is 0 Å². The third-order valence-corrected chi connectivity index (χ3v) is 7.32. The van der Waals surface area contributed by atoms with Crippen molar-refractivity contribution >= 4 is 27.7 Å². The Morgan fingerprint density at radius 1 is 0.727 bits per heavy atom. The summed E-state index contributed by atoms with van der Waals surface area (Å²) in [7, 11) is 0. The zero-order chi connectivity index (χ0) is 22.6. The molecule has 1 amide bonds. The number of aromatic nitrogens is 1. The lowest BCUT2D eigenvalue weighted by molar-refractivity contribution is -0.132. The maximum Gasteiger partial charge on any atom is 0.236 e. The van der Waals surface area contributed by atoms with Crippen molar-refractivity contribution in [3.8, 4) is 0 Å². The van der Waals surface area contributed by atoms with Crippen LogP contribution in [0.2, 0.25) is 0 Å². The predicted octanol–water partition coefficient (Wildman–Crippen LogP) is 3.18. The summed E-state index contributed by atoms with van der Waals surface area (Å²) < 4.78 is 2.26. The first-order valence-corrected chi connectivity index (χ1v) is 12.6. The lowest BCUT2D eigenvalue weighted by atomic mass is 10.2. The minimum Gasteiger partial charge on any atom is -0.390 e. The summed E-state index contributed by atoms with van der Waals surface area (Å²) in [5.41, 5.74) is 2.35. The number of amides is 1. The monoisotopic (exact) mass is 448 g/mol. The fourth-order valence-corrected chi connectivity index (χ4v) is 5.51. The summed E-state index contributed by atoms with van der Waals surface area (Å²) in [6, 6.07) is 16.9. The van der Waals surface area contributed by atoms with E-state index in [4.69, 9.17) is 0 Å². The van der Waals surface area contributed by atoms with Gasteiger partial charge in [-0.15, -0.1) is 0 Å². The molecule has 33 heavy (non-hydrogen) atoms. The van der Waals surface area contributed by atoms with E-state index in [2.05, 4.69) is 67.8 Å². The van der Waals surface area contributed by atoms with Crippen LogP contribution in [0.3, 0.4) is 0 Å². The SMILES string of the molecule is O=C(CN1CCN(C[C@@H](O)Cn2c3ccccc3c3ccccc32)CC1)N1CCCCCC1. The molecule has 0 saturated carbocycles. The Balaban J connectivity index is 1.15. The maximum absolute atomic E-state index is 12.7. The van der Waals surface area contributed by atoms with E-state index in [9.17, 15) is 9.90 Å². The molecular weight excluding hydrogens is 412 g/mol. The molecule has 5 rings (SSSR count). The third kappa shape index (κ3) is 5.08. The molecule has 2 aliphatic rings. The van der Waals surface area contributed by atoms with E-state index < -0.39 is 6.10 Å². The average molecular weight is 449 g/mol. The van der Waals surface area contributed by atoms with Gasteiger partial charge in [0.1, 0.15) is 0 Å². The van der Waals surface area contributed by atoms with Crippen LogP contribution in [-0.2, 0) is 11.3 Å². The molecule has 6 heteroatoms. The Morgan fingerprint density at radius 3 is 1.88 bits per heavy atom. The summed E-state index contributed by atoms with van der Waals surface area (Å²) in [6.07, 6.45) is 4.35. The quantitative estimate of drug-likeness (QED) is 0.629. The predicted molar refractivity (Wildman–Crippen MR) is 133 cm³/mol. The topological polar surface area (TPSA) is 52.0 Å². The summed E-state index contributed by atoms with van der Waals surface area (Å²) in [5, 5.41) is 13.4. The summed E-state index contributed by atoms with van der Waals surface area (Å²) in [4.78, 5) is 19.4. The molecule has 3 aromatic rings. The van der Waals surface area contributed by atoms with Gasteiger partial charge in [-0.05, 0) is 25.0 Å². The molecule has 2 aromatic carbocycles. The molecule has 2 aliphatic heterocycles. The largest absolute Gasteiger partial charge is 0.390 e. The Labute approximate surface area is 196 Å². The highest BCUT2D eigenvalue weighted by Crippen LogP contribution is 2.29. The van der Waals surface area contributed by atoms with E-state index >= 15 is 0 Å². The first-order chi connectivity index (χ1) is 16.2. The van der Waals surface area contributed by atoms with Crippen LogP contribution in [0.25, 0.3) is 21.8 Å². The molecule has 2 saturated heterocycles. The number of fused-ring (bicyclic) bond motifs is 3. The van der Waals surface area contributed by atoms with Crippen molar-refractivity contribution in [3.63, 3.8) is 0 Å². The second-order valence-corrected chi connectivity index (χ2v) is 9.67. The normalized spacial score (nSPS) is 19.7. The molecule has 0 unspecified atom stereocenters. The number of rotatable bonds is 6. The summed E-state index contributed by atoms with van der Waals surface area (Å²) >= 11 is 0. The minimum atomic E-state index is -0.436. The Hall–Kier alpha value is -2.41. The smallest absolute Gasteiger partial charge is 0.236 e. The molecule has 1 N–H and O–H groups in total. The number of aliphatic hydroxyl groups is 1. The number of benzene rings is 2. The van der Waals surface area contributed by atoms with Crippen LogP contribution in [-0.4, -0.2) is 88.7 Å². The number of nitrogens with zero attached hydrogens (tertiary/aromatic N) is 4. The number of aliphatic hydroxyl groups excluding tert-OH is 1. The van der Waals surface area contributed by atoms with Gasteiger partial charge in [0.15, 0.2) is 0 Å². The highest BCUT2D eigenvalue weighted by molar-refractivity contribution is 6.07. The Kier molecular flexibility index (Phi) is 6.95. The zero-order valence-electron chi connectivity index (χ0n) is 19.5. The lowest BCUT2D eigenvalue weighted by Crippen LogP contribution is -2.51.